The largest absolute Gasteiger partial charge is 0.378 e. The summed E-state index contributed by atoms with van der Waals surface area (Å²) in [6.45, 7) is 4.46. The van der Waals surface area contributed by atoms with E-state index in [2.05, 4.69) is 92.8 Å². The molecule has 2 aromatic rings. The zero-order valence-electron chi connectivity index (χ0n) is 13.5. The highest BCUT2D eigenvalue weighted by molar-refractivity contribution is 5.46. The normalized spacial score (nSPS) is 13.7. The first kappa shape index (κ1) is 15.6. The first-order valence-corrected chi connectivity index (χ1v) is 7.70. The van der Waals surface area contributed by atoms with Gasteiger partial charge in [-0.05, 0) is 36.6 Å². The van der Waals surface area contributed by atoms with Crippen LogP contribution in [-0.2, 0) is 0 Å². The lowest BCUT2D eigenvalue weighted by Crippen LogP contribution is -2.24. The maximum absolute atomic E-state index is 3.73. The first-order valence-electron chi connectivity index (χ1n) is 7.70. The molecule has 2 nitrogen and oxygen atoms in total. The summed E-state index contributed by atoms with van der Waals surface area (Å²) in [6, 6.07) is 20.2. The van der Waals surface area contributed by atoms with Gasteiger partial charge in [0.1, 0.15) is 0 Å². The Balaban J connectivity index is 2.07. The fraction of sp³-hybridized carbons (Fsp3) is 0.368. The molecule has 0 bridgehead atoms. The number of nitrogens with zero attached hydrogens (tertiary/aromatic N) is 1. The molecule has 0 radical (unpaired) electrons. The second-order valence-electron chi connectivity index (χ2n) is 5.75. The van der Waals surface area contributed by atoms with Crippen molar-refractivity contribution in [3.05, 3.63) is 65.7 Å². The fourth-order valence-electron chi connectivity index (χ4n) is 2.59. The van der Waals surface area contributed by atoms with Crippen LogP contribution in [0.15, 0.2) is 54.6 Å². The quantitative estimate of drug-likeness (QED) is 0.836. The second kappa shape index (κ2) is 7.28. The zero-order valence-corrected chi connectivity index (χ0v) is 13.5. The minimum absolute atomic E-state index is 0.339. The van der Waals surface area contributed by atoms with Crippen molar-refractivity contribution in [2.75, 3.05) is 19.0 Å². The van der Waals surface area contributed by atoms with Crippen LogP contribution >= 0.6 is 0 Å². The molecule has 0 saturated carbocycles. The van der Waals surface area contributed by atoms with Crippen LogP contribution in [0.4, 0.5) is 5.69 Å². The SMILES string of the molecule is CCC(NC(C)c1ccc(N(C)C)cc1)c1ccccc1. The molecular weight excluding hydrogens is 256 g/mol. The highest BCUT2D eigenvalue weighted by atomic mass is 15.1. The number of hydrogen-bond acceptors (Lipinski definition) is 2. The third kappa shape index (κ3) is 4.08. The highest BCUT2D eigenvalue weighted by Gasteiger charge is 2.13. The van der Waals surface area contributed by atoms with E-state index in [1.165, 1.54) is 16.8 Å². The van der Waals surface area contributed by atoms with E-state index in [4.69, 9.17) is 0 Å². The number of rotatable bonds is 6. The standard InChI is InChI=1S/C19H26N2/c1-5-19(17-9-7-6-8-10-17)20-15(2)16-11-13-18(14-12-16)21(3)4/h6-15,19-20H,5H2,1-4H3. The molecule has 0 spiro atoms. The van der Waals surface area contributed by atoms with Crippen LogP contribution in [0.5, 0.6) is 0 Å². The molecule has 112 valence electrons. The lowest BCUT2D eigenvalue weighted by Gasteiger charge is -2.23. The van der Waals surface area contributed by atoms with Crippen LogP contribution < -0.4 is 10.2 Å². The van der Waals surface area contributed by atoms with Gasteiger partial charge in [-0.15, -0.1) is 0 Å². The molecule has 0 aromatic heterocycles. The third-order valence-corrected chi connectivity index (χ3v) is 3.97. The van der Waals surface area contributed by atoms with Crippen molar-refractivity contribution < 1.29 is 0 Å². The number of benzene rings is 2. The lowest BCUT2D eigenvalue weighted by atomic mass is 10.0. The van der Waals surface area contributed by atoms with Crippen molar-refractivity contribution in [1.82, 2.24) is 5.32 Å². The molecule has 0 aliphatic rings. The van der Waals surface area contributed by atoms with E-state index < -0.39 is 0 Å². The summed E-state index contributed by atoms with van der Waals surface area (Å²) in [5, 5.41) is 3.73. The van der Waals surface area contributed by atoms with Gasteiger partial charge in [0.15, 0.2) is 0 Å². The first-order chi connectivity index (χ1) is 10.1. The number of anilines is 1. The maximum Gasteiger partial charge on any atom is 0.0361 e. The Morgan fingerprint density at radius 3 is 2.05 bits per heavy atom. The van der Waals surface area contributed by atoms with E-state index in [0.717, 1.165) is 6.42 Å². The van der Waals surface area contributed by atoms with Gasteiger partial charge < -0.3 is 10.2 Å². The van der Waals surface area contributed by atoms with Crippen molar-refractivity contribution >= 4 is 5.69 Å². The van der Waals surface area contributed by atoms with Crippen LogP contribution in [0, 0.1) is 0 Å². The van der Waals surface area contributed by atoms with E-state index >= 15 is 0 Å². The van der Waals surface area contributed by atoms with Gasteiger partial charge in [0.2, 0.25) is 0 Å². The Bertz CT molecular complexity index is 531. The topological polar surface area (TPSA) is 15.3 Å². The van der Waals surface area contributed by atoms with Gasteiger partial charge in [-0.3, -0.25) is 0 Å². The van der Waals surface area contributed by atoms with Gasteiger partial charge in [0, 0.05) is 31.9 Å². The monoisotopic (exact) mass is 282 g/mol. The van der Waals surface area contributed by atoms with Crippen LogP contribution in [0.25, 0.3) is 0 Å². The third-order valence-electron chi connectivity index (χ3n) is 3.97. The van der Waals surface area contributed by atoms with Gasteiger partial charge >= 0.3 is 0 Å². The van der Waals surface area contributed by atoms with E-state index in [1.54, 1.807) is 0 Å². The molecule has 0 amide bonds. The Labute approximate surface area is 128 Å². The van der Waals surface area contributed by atoms with Crippen molar-refractivity contribution in [2.45, 2.75) is 32.4 Å². The summed E-state index contributed by atoms with van der Waals surface area (Å²) in [4.78, 5) is 2.13. The summed E-state index contributed by atoms with van der Waals surface area (Å²) < 4.78 is 0. The fourth-order valence-corrected chi connectivity index (χ4v) is 2.59. The van der Waals surface area contributed by atoms with E-state index in [-0.39, 0.29) is 0 Å². The van der Waals surface area contributed by atoms with Crippen LogP contribution in [0.1, 0.15) is 43.5 Å². The van der Waals surface area contributed by atoms with Crippen molar-refractivity contribution in [3.8, 4) is 0 Å². The van der Waals surface area contributed by atoms with E-state index in [0.29, 0.717) is 12.1 Å². The zero-order chi connectivity index (χ0) is 15.2. The minimum Gasteiger partial charge on any atom is -0.378 e. The summed E-state index contributed by atoms with van der Waals surface area (Å²) >= 11 is 0. The molecule has 0 saturated heterocycles. The van der Waals surface area contributed by atoms with E-state index in [1.807, 2.05) is 0 Å². The van der Waals surface area contributed by atoms with Crippen LogP contribution in [0.3, 0.4) is 0 Å². The molecule has 2 rings (SSSR count). The molecular formula is C19H26N2. The average molecular weight is 282 g/mol. The molecule has 2 unspecified atom stereocenters. The Kier molecular flexibility index (Phi) is 5.40. The molecule has 0 aliphatic heterocycles. The molecule has 2 heteroatoms. The van der Waals surface area contributed by atoms with Crippen molar-refractivity contribution in [2.24, 2.45) is 0 Å². The average Bonchev–Trinajstić information content (AvgIpc) is 2.53. The molecule has 2 atom stereocenters. The highest BCUT2D eigenvalue weighted by Crippen LogP contribution is 2.23. The Morgan fingerprint density at radius 2 is 1.52 bits per heavy atom. The van der Waals surface area contributed by atoms with E-state index in [9.17, 15) is 0 Å². The van der Waals surface area contributed by atoms with Gasteiger partial charge in [0.25, 0.3) is 0 Å². The number of hydrogen-bond donors (Lipinski definition) is 1. The summed E-state index contributed by atoms with van der Waals surface area (Å²) in [7, 11) is 4.14. The predicted molar refractivity (Wildman–Crippen MR) is 91.8 cm³/mol. The van der Waals surface area contributed by atoms with Crippen molar-refractivity contribution in [3.63, 3.8) is 0 Å². The predicted octanol–water partition coefficient (Wildman–Crippen LogP) is 4.55. The molecule has 0 heterocycles. The Hall–Kier alpha value is -1.80. The lowest BCUT2D eigenvalue weighted by molar-refractivity contribution is 0.456. The summed E-state index contributed by atoms with van der Waals surface area (Å²) in [5.41, 5.74) is 3.92. The number of nitrogens with one attached hydrogen (secondary N) is 1. The molecule has 1 N–H and O–H groups in total. The minimum atomic E-state index is 0.339. The Morgan fingerprint density at radius 1 is 0.905 bits per heavy atom. The van der Waals surface area contributed by atoms with Gasteiger partial charge in [0.05, 0.1) is 0 Å². The summed E-state index contributed by atoms with van der Waals surface area (Å²) in [6.07, 6.45) is 1.09. The van der Waals surface area contributed by atoms with Crippen LogP contribution in [0.2, 0.25) is 0 Å². The van der Waals surface area contributed by atoms with Gasteiger partial charge in [-0.1, -0.05) is 49.4 Å². The summed E-state index contributed by atoms with van der Waals surface area (Å²) in [5.74, 6) is 0. The maximum atomic E-state index is 3.73. The molecule has 21 heavy (non-hydrogen) atoms. The second-order valence-corrected chi connectivity index (χ2v) is 5.75. The molecule has 0 aliphatic carbocycles. The van der Waals surface area contributed by atoms with Crippen LogP contribution in [-0.4, -0.2) is 14.1 Å². The van der Waals surface area contributed by atoms with Crippen molar-refractivity contribution in [1.29, 1.82) is 0 Å². The molecule has 2 aromatic carbocycles. The molecule has 0 fully saturated rings. The van der Waals surface area contributed by atoms with Gasteiger partial charge in [-0.25, -0.2) is 0 Å². The smallest absolute Gasteiger partial charge is 0.0361 e. The van der Waals surface area contributed by atoms with Gasteiger partial charge in [-0.2, -0.15) is 0 Å².